The molecule has 0 spiro atoms. The maximum Gasteiger partial charge on any atom is 0.267 e. The number of hydrogen-bond acceptors (Lipinski definition) is 6. The number of carbonyl (C=O) groups excluding carboxylic acids is 4. The molecule has 0 bridgehead atoms. The monoisotopic (exact) mass is 340 g/mol. The molecule has 118 valence electrons. The topological polar surface area (TPSA) is 74.8 Å². The van der Waals surface area contributed by atoms with E-state index in [4.69, 9.17) is 24.4 Å². The van der Waals surface area contributed by atoms with Gasteiger partial charge in [0, 0.05) is 13.1 Å². The molecule has 2 heterocycles. The molecule has 0 saturated carbocycles. The zero-order chi connectivity index (χ0) is 16.3. The van der Waals surface area contributed by atoms with Crippen LogP contribution in [-0.4, -0.2) is 56.2 Å². The van der Waals surface area contributed by atoms with Crippen LogP contribution in [0.3, 0.4) is 0 Å². The first-order valence-electron chi connectivity index (χ1n) is 7.17. The van der Waals surface area contributed by atoms with Gasteiger partial charge in [-0.15, -0.1) is 0 Å². The molecule has 0 aromatic carbocycles. The standard InChI is InChI=1S/C14H16N2O4S2/c17-11-7-9(21)13(19)15(11)5-3-1-2-4-6-16-12(18)8-10(22)14(16)20/h1-8H2. The Bertz CT molecular complexity index is 523. The molecule has 0 aromatic rings. The third-order valence-corrected chi connectivity index (χ3v) is 4.34. The van der Waals surface area contributed by atoms with Crippen LogP contribution in [0.2, 0.25) is 0 Å². The Kier molecular flexibility index (Phi) is 5.47. The molecule has 0 aromatic heterocycles. The molecule has 0 atom stereocenters. The first kappa shape index (κ1) is 16.8. The molecule has 2 aliphatic rings. The lowest BCUT2D eigenvalue weighted by Crippen LogP contribution is -2.32. The van der Waals surface area contributed by atoms with E-state index in [1.807, 2.05) is 0 Å². The predicted octanol–water partition coefficient (Wildman–Crippen LogP) is 0.804. The molecule has 0 N–H and O–H groups in total. The molecule has 0 radical (unpaired) electrons. The van der Waals surface area contributed by atoms with Crippen molar-refractivity contribution in [2.45, 2.75) is 38.5 Å². The van der Waals surface area contributed by atoms with E-state index >= 15 is 0 Å². The molecular weight excluding hydrogens is 324 g/mol. The zero-order valence-electron chi connectivity index (χ0n) is 12.0. The summed E-state index contributed by atoms with van der Waals surface area (Å²) >= 11 is 9.63. The van der Waals surface area contributed by atoms with Crippen molar-refractivity contribution in [3.8, 4) is 0 Å². The van der Waals surface area contributed by atoms with Crippen molar-refractivity contribution in [3.63, 3.8) is 0 Å². The lowest BCUT2D eigenvalue weighted by molar-refractivity contribution is -0.138. The Morgan fingerprint density at radius 3 is 1.32 bits per heavy atom. The molecule has 2 rings (SSSR count). The lowest BCUT2D eigenvalue weighted by Gasteiger charge is -2.14. The second-order valence-corrected chi connectivity index (χ2v) is 6.30. The molecule has 6 nitrogen and oxygen atoms in total. The second kappa shape index (κ2) is 7.15. The van der Waals surface area contributed by atoms with Crippen LogP contribution in [0.15, 0.2) is 0 Å². The predicted molar refractivity (Wildman–Crippen MR) is 86.3 cm³/mol. The van der Waals surface area contributed by atoms with Gasteiger partial charge in [-0.3, -0.25) is 29.0 Å². The van der Waals surface area contributed by atoms with Gasteiger partial charge in [-0.2, -0.15) is 0 Å². The van der Waals surface area contributed by atoms with E-state index in [-0.39, 0.29) is 46.2 Å². The smallest absolute Gasteiger partial charge is 0.267 e. The van der Waals surface area contributed by atoms with Crippen LogP contribution >= 0.6 is 24.4 Å². The second-order valence-electron chi connectivity index (χ2n) is 5.32. The summed E-state index contributed by atoms with van der Waals surface area (Å²) in [5.41, 5.74) is 0. The number of carbonyl (C=O) groups is 4. The van der Waals surface area contributed by atoms with Gasteiger partial charge in [0.05, 0.1) is 22.6 Å². The summed E-state index contributed by atoms with van der Waals surface area (Å²) in [4.78, 5) is 49.0. The highest BCUT2D eigenvalue weighted by atomic mass is 32.1. The number of likely N-dealkylation sites (tertiary alicyclic amines) is 2. The van der Waals surface area contributed by atoms with Gasteiger partial charge in [0.15, 0.2) is 0 Å². The summed E-state index contributed by atoms with van der Waals surface area (Å²) in [5, 5.41) is 0. The van der Waals surface area contributed by atoms with Crippen LogP contribution in [0.1, 0.15) is 38.5 Å². The largest absolute Gasteiger partial charge is 0.278 e. The number of amides is 4. The summed E-state index contributed by atoms with van der Waals surface area (Å²) in [6.45, 7) is 0.757. The maximum atomic E-state index is 11.6. The third kappa shape index (κ3) is 3.61. The number of thiocarbonyl (C=S) groups is 2. The van der Waals surface area contributed by atoms with E-state index < -0.39 is 0 Å². The van der Waals surface area contributed by atoms with Gasteiger partial charge >= 0.3 is 0 Å². The van der Waals surface area contributed by atoms with E-state index in [1.165, 1.54) is 9.80 Å². The van der Waals surface area contributed by atoms with Crippen LogP contribution in [-0.2, 0) is 19.2 Å². The molecule has 0 unspecified atom stereocenters. The molecule has 22 heavy (non-hydrogen) atoms. The van der Waals surface area contributed by atoms with Crippen molar-refractivity contribution in [3.05, 3.63) is 0 Å². The van der Waals surface area contributed by atoms with Crippen molar-refractivity contribution in [1.29, 1.82) is 0 Å². The molecule has 2 saturated heterocycles. The molecule has 8 heteroatoms. The lowest BCUT2D eigenvalue weighted by atomic mass is 10.2. The van der Waals surface area contributed by atoms with Gasteiger partial charge in [0.2, 0.25) is 11.8 Å². The Morgan fingerprint density at radius 1 is 0.682 bits per heavy atom. The highest BCUT2D eigenvalue weighted by Crippen LogP contribution is 2.14. The van der Waals surface area contributed by atoms with Gasteiger partial charge < -0.3 is 0 Å². The first-order valence-corrected chi connectivity index (χ1v) is 7.98. The molecular formula is C14H16N2O4S2. The van der Waals surface area contributed by atoms with Gasteiger partial charge in [-0.05, 0) is 12.8 Å². The zero-order valence-corrected chi connectivity index (χ0v) is 13.6. The van der Waals surface area contributed by atoms with Crippen molar-refractivity contribution in [2.24, 2.45) is 0 Å². The highest BCUT2D eigenvalue weighted by molar-refractivity contribution is 7.82. The van der Waals surface area contributed by atoms with Gasteiger partial charge in [0.25, 0.3) is 11.8 Å². The third-order valence-electron chi connectivity index (χ3n) is 3.71. The van der Waals surface area contributed by atoms with Gasteiger partial charge in [-0.1, -0.05) is 37.3 Å². The number of rotatable bonds is 7. The quantitative estimate of drug-likeness (QED) is 0.388. The summed E-state index contributed by atoms with van der Waals surface area (Å²) in [6, 6.07) is 0. The van der Waals surface area contributed by atoms with Crippen LogP contribution in [0.25, 0.3) is 0 Å². The summed E-state index contributed by atoms with van der Waals surface area (Å²) in [6.07, 6.45) is 3.11. The summed E-state index contributed by atoms with van der Waals surface area (Å²) in [5.74, 6) is -1.14. The first-order chi connectivity index (χ1) is 10.4. The Balaban J connectivity index is 1.62. The van der Waals surface area contributed by atoms with E-state index in [2.05, 4.69) is 0 Å². The van der Waals surface area contributed by atoms with Gasteiger partial charge in [-0.25, -0.2) is 0 Å². The SMILES string of the molecule is O=C1CC(=S)C(=O)N1CCCCCCN1C(=O)CC(=S)C1=O. The minimum absolute atomic E-state index is 0.0489. The molecule has 2 aliphatic heterocycles. The number of nitrogens with zero attached hydrogens (tertiary/aromatic N) is 2. The number of imide groups is 2. The number of unbranched alkanes of at least 4 members (excludes halogenated alkanes) is 3. The summed E-state index contributed by atoms with van der Waals surface area (Å²) < 4.78 is 0. The van der Waals surface area contributed by atoms with E-state index in [9.17, 15) is 19.2 Å². The molecule has 0 aliphatic carbocycles. The fraction of sp³-hybridized carbons (Fsp3) is 0.571. The maximum absolute atomic E-state index is 11.6. The van der Waals surface area contributed by atoms with E-state index in [0.29, 0.717) is 25.9 Å². The van der Waals surface area contributed by atoms with Crippen molar-refractivity contribution < 1.29 is 19.2 Å². The summed E-state index contributed by atoms with van der Waals surface area (Å²) in [7, 11) is 0. The van der Waals surface area contributed by atoms with E-state index in [1.54, 1.807) is 0 Å². The molecule has 4 amide bonds. The average Bonchev–Trinajstić information content (AvgIpc) is 2.84. The van der Waals surface area contributed by atoms with Crippen LogP contribution in [0.5, 0.6) is 0 Å². The Hall–Kier alpha value is -1.54. The highest BCUT2D eigenvalue weighted by Gasteiger charge is 2.34. The number of hydrogen-bond donors (Lipinski definition) is 0. The van der Waals surface area contributed by atoms with Crippen LogP contribution in [0, 0.1) is 0 Å². The fourth-order valence-electron chi connectivity index (χ4n) is 2.49. The van der Waals surface area contributed by atoms with Crippen molar-refractivity contribution in [1.82, 2.24) is 9.80 Å². The fourth-order valence-corrected chi connectivity index (χ4v) is 2.96. The van der Waals surface area contributed by atoms with Crippen molar-refractivity contribution in [2.75, 3.05) is 13.1 Å². The van der Waals surface area contributed by atoms with Gasteiger partial charge in [0.1, 0.15) is 0 Å². The minimum atomic E-state index is -0.346. The molecule has 2 fully saturated rings. The van der Waals surface area contributed by atoms with Crippen LogP contribution in [0.4, 0.5) is 0 Å². The van der Waals surface area contributed by atoms with Crippen molar-refractivity contribution >= 4 is 57.8 Å². The Morgan fingerprint density at radius 2 is 1.05 bits per heavy atom. The van der Waals surface area contributed by atoms with E-state index in [0.717, 1.165) is 12.8 Å². The Labute approximate surface area is 138 Å². The normalized spacial score (nSPS) is 19.1. The minimum Gasteiger partial charge on any atom is -0.278 e. The average molecular weight is 340 g/mol. The van der Waals surface area contributed by atoms with Crippen LogP contribution < -0.4 is 0 Å².